The first-order valence-corrected chi connectivity index (χ1v) is 7.78. The number of ether oxygens (including phenoxy) is 2. The number of rotatable bonds is 5. The van der Waals surface area contributed by atoms with E-state index < -0.39 is 94.5 Å². The number of esters is 2. The Labute approximate surface area is 171 Å². The summed E-state index contributed by atoms with van der Waals surface area (Å²) in [5, 5.41) is 0. The minimum Gasteiger partial charge on any atom is -0.458 e. The van der Waals surface area contributed by atoms with Gasteiger partial charge in [0.1, 0.15) is 24.3 Å². The normalized spacial score (nSPS) is 10.3. The van der Waals surface area contributed by atoms with Crippen molar-refractivity contribution in [1.82, 2.24) is 0 Å². The predicted octanol–water partition coefficient (Wildman–Crippen LogP) is 4.89. The minimum atomic E-state index is -2.54. The maximum atomic E-state index is 13.4. The second-order valence-electron chi connectivity index (χ2n) is 5.16. The highest BCUT2D eigenvalue weighted by Gasteiger charge is 2.32. The van der Waals surface area contributed by atoms with Crippen LogP contribution in [0.3, 0.4) is 0 Å². The predicted molar refractivity (Wildman–Crippen MR) is 84.3 cm³/mol. The molecule has 0 amide bonds. The zero-order valence-electron chi connectivity index (χ0n) is 15.2. The fourth-order valence-corrected chi connectivity index (χ4v) is 1.98. The third-order valence-corrected chi connectivity index (χ3v) is 3.38. The van der Waals surface area contributed by atoms with E-state index in [1.807, 2.05) is 0 Å². The van der Waals surface area contributed by atoms with Gasteiger partial charge in [0, 0.05) is 0 Å². The average molecular weight is 478 g/mol. The van der Waals surface area contributed by atoms with Gasteiger partial charge < -0.3 is 9.47 Å². The number of halogens is 10. The second-order valence-corrected chi connectivity index (χ2v) is 5.16. The quantitative estimate of drug-likeness (QED) is 0.153. The van der Waals surface area contributed by atoms with E-state index in [9.17, 15) is 53.5 Å². The SMILES string of the molecule is C=C.O=C(OCCOC(=O)c1c(F)c(F)c(F)c(F)c1F)c1c(F)c(F)c(F)c(F)c1F. The molecule has 0 spiro atoms. The summed E-state index contributed by atoms with van der Waals surface area (Å²) in [4.78, 5) is 23.0. The maximum Gasteiger partial charge on any atom is 0.344 e. The molecule has 0 heterocycles. The lowest BCUT2D eigenvalue weighted by Gasteiger charge is -2.10. The Balaban J connectivity index is 0.00000249. The Hall–Kier alpha value is -3.58. The van der Waals surface area contributed by atoms with Gasteiger partial charge in [0.05, 0.1) is 0 Å². The minimum absolute atomic E-state index is 1.15. The van der Waals surface area contributed by atoms with Gasteiger partial charge >= 0.3 is 11.9 Å². The molecule has 4 nitrogen and oxygen atoms in total. The van der Waals surface area contributed by atoms with Crippen molar-refractivity contribution in [2.45, 2.75) is 0 Å². The third-order valence-electron chi connectivity index (χ3n) is 3.38. The molecule has 2 rings (SSSR count). The Kier molecular flexibility index (Phi) is 8.79. The van der Waals surface area contributed by atoms with E-state index in [4.69, 9.17) is 0 Å². The molecular formula is C18H8F10O4. The molecule has 0 aliphatic rings. The van der Waals surface area contributed by atoms with Crippen molar-refractivity contribution in [1.29, 1.82) is 0 Å². The van der Waals surface area contributed by atoms with E-state index in [1.54, 1.807) is 0 Å². The highest BCUT2D eigenvalue weighted by atomic mass is 19.2. The van der Waals surface area contributed by atoms with E-state index in [2.05, 4.69) is 22.6 Å². The molecule has 0 unspecified atom stereocenters. The summed E-state index contributed by atoms with van der Waals surface area (Å²) >= 11 is 0. The van der Waals surface area contributed by atoms with E-state index in [-0.39, 0.29) is 0 Å². The Morgan fingerprint density at radius 2 is 0.656 bits per heavy atom. The highest BCUT2D eigenvalue weighted by molar-refractivity contribution is 5.91. The zero-order chi connectivity index (χ0) is 24.9. The summed E-state index contributed by atoms with van der Waals surface area (Å²) in [5.74, 6) is -29.1. The van der Waals surface area contributed by atoms with Crippen molar-refractivity contribution in [3.8, 4) is 0 Å². The van der Waals surface area contributed by atoms with Crippen molar-refractivity contribution in [3.05, 3.63) is 82.5 Å². The van der Waals surface area contributed by atoms with Gasteiger partial charge in [-0.25, -0.2) is 53.5 Å². The van der Waals surface area contributed by atoms with Crippen LogP contribution in [0.25, 0.3) is 0 Å². The topological polar surface area (TPSA) is 52.6 Å². The van der Waals surface area contributed by atoms with Crippen molar-refractivity contribution in [2.75, 3.05) is 13.2 Å². The van der Waals surface area contributed by atoms with E-state index in [0.29, 0.717) is 0 Å². The number of hydrogen-bond acceptors (Lipinski definition) is 4. The van der Waals surface area contributed by atoms with Crippen molar-refractivity contribution < 1.29 is 63.0 Å². The molecule has 0 bridgehead atoms. The van der Waals surface area contributed by atoms with Crippen molar-refractivity contribution in [2.24, 2.45) is 0 Å². The molecule has 2 aromatic carbocycles. The molecule has 14 heteroatoms. The van der Waals surface area contributed by atoms with Gasteiger partial charge in [0.2, 0.25) is 11.6 Å². The molecule has 32 heavy (non-hydrogen) atoms. The highest BCUT2D eigenvalue weighted by Crippen LogP contribution is 2.25. The summed E-state index contributed by atoms with van der Waals surface area (Å²) < 4.78 is 140. The molecule has 0 fully saturated rings. The summed E-state index contributed by atoms with van der Waals surface area (Å²) in [6.45, 7) is 3.69. The van der Waals surface area contributed by atoms with Crippen LogP contribution in [0.15, 0.2) is 13.2 Å². The van der Waals surface area contributed by atoms with Gasteiger partial charge in [-0.3, -0.25) is 0 Å². The lowest BCUT2D eigenvalue weighted by Crippen LogP contribution is -2.20. The number of hydrogen-bond donors (Lipinski definition) is 0. The third kappa shape index (κ3) is 4.84. The molecule has 0 atom stereocenters. The van der Waals surface area contributed by atoms with Crippen LogP contribution in [0.4, 0.5) is 43.9 Å². The molecule has 0 saturated carbocycles. The van der Waals surface area contributed by atoms with Crippen LogP contribution in [0, 0.1) is 58.2 Å². The lowest BCUT2D eigenvalue weighted by atomic mass is 10.1. The second kappa shape index (κ2) is 10.6. The number of benzene rings is 2. The molecule has 0 aliphatic carbocycles. The van der Waals surface area contributed by atoms with Crippen molar-refractivity contribution in [3.63, 3.8) is 0 Å². The first-order chi connectivity index (χ1) is 14.9. The lowest BCUT2D eigenvalue weighted by molar-refractivity contribution is 0.0250. The fraction of sp³-hybridized carbons (Fsp3) is 0.111. The van der Waals surface area contributed by atoms with Gasteiger partial charge in [-0.05, 0) is 0 Å². The fourth-order valence-electron chi connectivity index (χ4n) is 1.98. The van der Waals surface area contributed by atoms with Crippen LogP contribution in [0.5, 0.6) is 0 Å². The van der Waals surface area contributed by atoms with Crippen LogP contribution in [-0.4, -0.2) is 25.2 Å². The van der Waals surface area contributed by atoms with Gasteiger partial charge in [0.15, 0.2) is 46.5 Å². The number of carbonyl (C=O) groups excluding carboxylic acids is 2. The monoisotopic (exact) mass is 478 g/mol. The summed E-state index contributed by atoms with van der Waals surface area (Å²) in [5.41, 5.74) is -3.95. The first kappa shape index (κ1) is 26.5. The Bertz CT molecular complexity index is 929. The van der Waals surface area contributed by atoms with Crippen molar-refractivity contribution >= 4 is 11.9 Å². The van der Waals surface area contributed by atoms with Crippen LogP contribution in [0.2, 0.25) is 0 Å². The molecule has 0 aliphatic heterocycles. The average Bonchev–Trinajstić information content (AvgIpc) is 2.78. The standard InChI is InChI=1S/C16H4F10O4.C2H4/c17-5-3(6(18)10(22)13(25)9(5)21)15(27)29-1-2-30-16(28)4-7(19)11(23)14(26)12(24)8(4)20;1-2/h1-2H2;1-2H2. The van der Waals surface area contributed by atoms with Gasteiger partial charge in [-0.1, -0.05) is 0 Å². The van der Waals surface area contributed by atoms with Crippen LogP contribution in [-0.2, 0) is 9.47 Å². The first-order valence-electron chi connectivity index (χ1n) is 7.78. The van der Waals surface area contributed by atoms with Crippen LogP contribution < -0.4 is 0 Å². The zero-order valence-corrected chi connectivity index (χ0v) is 15.2. The molecule has 0 radical (unpaired) electrons. The summed E-state index contributed by atoms with van der Waals surface area (Å²) in [6, 6.07) is 0. The van der Waals surface area contributed by atoms with E-state index in [1.165, 1.54) is 0 Å². The summed E-state index contributed by atoms with van der Waals surface area (Å²) in [7, 11) is 0. The van der Waals surface area contributed by atoms with Gasteiger partial charge in [-0.2, -0.15) is 0 Å². The number of carbonyl (C=O) groups is 2. The molecule has 0 N–H and O–H groups in total. The Morgan fingerprint density at radius 1 is 0.469 bits per heavy atom. The maximum absolute atomic E-state index is 13.4. The summed E-state index contributed by atoms with van der Waals surface area (Å²) in [6.07, 6.45) is 0. The Morgan fingerprint density at radius 3 is 0.875 bits per heavy atom. The van der Waals surface area contributed by atoms with Crippen LogP contribution >= 0.6 is 0 Å². The smallest absolute Gasteiger partial charge is 0.344 e. The van der Waals surface area contributed by atoms with E-state index >= 15 is 0 Å². The largest absolute Gasteiger partial charge is 0.458 e. The molecule has 0 saturated heterocycles. The molecular weight excluding hydrogens is 470 g/mol. The molecule has 174 valence electrons. The molecule has 2 aromatic rings. The van der Waals surface area contributed by atoms with Gasteiger partial charge in [-0.15, -0.1) is 13.2 Å². The van der Waals surface area contributed by atoms with Gasteiger partial charge in [0.25, 0.3) is 0 Å². The molecule has 0 aromatic heterocycles. The van der Waals surface area contributed by atoms with Crippen LogP contribution in [0.1, 0.15) is 20.7 Å². The van der Waals surface area contributed by atoms with E-state index in [0.717, 1.165) is 0 Å².